The van der Waals surface area contributed by atoms with Gasteiger partial charge in [0.15, 0.2) is 0 Å². The second-order valence-electron chi connectivity index (χ2n) is 6.49. The molecule has 0 saturated carbocycles. The third kappa shape index (κ3) is 5.06. The van der Waals surface area contributed by atoms with Crippen LogP contribution in [-0.2, 0) is 11.2 Å². The zero-order valence-corrected chi connectivity index (χ0v) is 16.0. The minimum absolute atomic E-state index is 0.00813. The molecule has 0 aromatic heterocycles. The number of aliphatic imine (C=N–C) groups is 1. The molecule has 1 aromatic rings. The average molecular weight is 403 g/mol. The van der Waals surface area contributed by atoms with E-state index in [4.69, 9.17) is 21.2 Å². The van der Waals surface area contributed by atoms with Crippen LogP contribution in [0.2, 0.25) is 6.32 Å². The van der Waals surface area contributed by atoms with Gasteiger partial charge in [-0.15, -0.1) is 0 Å². The second kappa shape index (κ2) is 9.94. The number of carbonyl (C=O) groups excluding carboxylic acids is 1. The smallest absolute Gasteiger partial charge is 0.343 e. The molecule has 0 bridgehead atoms. The van der Waals surface area contributed by atoms with E-state index in [2.05, 4.69) is 4.99 Å². The van der Waals surface area contributed by atoms with Gasteiger partial charge in [-0.05, 0) is 24.4 Å². The van der Waals surface area contributed by atoms with Crippen LogP contribution in [0.3, 0.4) is 0 Å². The number of hydrogen-bond donors (Lipinski definition) is 5. The van der Waals surface area contributed by atoms with Crippen LogP contribution in [0.15, 0.2) is 28.9 Å². The van der Waals surface area contributed by atoms with Crippen molar-refractivity contribution in [3.05, 3.63) is 35.0 Å². The molecule has 1 amide bonds. The average Bonchev–Trinajstić information content (AvgIpc) is 2.66. The van der Waals surface area contributed by atoms with Gasteiger partial charge in [-0.2, -0.15) is 0 Å². The summed E-state index contributed by atoms with van der Waals surface area (Å²) in [6.07, 6.45) is 2.75. The topological polar surface area (TPSA) is 172 Å². The minimum atomic E-state index is -1.34. The predicted molar refractivity (Wildman–Crippen MR) is 107 cm³/mol. The highest BCUT2D eigenvalue weighted by atomic mass is 16.5. The van der Waals surface area contributed by atoms with E-state index in [0.717, 1.165) is 7.48 Å². The molecule has 10 nitrogen and oxygen atoms in total. The Morgan fingerprint density at radius 2 is 2.14 bits per heavy atom. The van der Waals surface area contributed by atoms with Crippen LogP contribution in [0.1, 0.15) is 15.9 Å². The van der Waals surface area contributed by atoms with E-state index in [0.29, 0.717) is 11.1 Å². The lowest BCUT2D eigenvalue weighted by molar-refractivity contribution is -0.140. The lowest BCUT2D eigenvalue weighted by atomic mass is 9.90. The van der Waals surface area contributed by atoms with E-state index in [9.17, 15) is 19.8 Å². The van der Waals surface area contributed by atoms with Crippen molar-refractivity contribution in [1.29, 1.82) is 0 Å². The standard InChI is InChI=1S/C18H24BN4O6/c1-22-7-11(6-20)15(21)17(25)23-8-12(9-23)29-13-3-2-10(4-5-19-28)16(24)14(13)18(26)27/h2-3,6-7,12,15,24,28H,4-5,8-9,20-21H2,1H3,(H,26,27). The number of nitrogens with two attached hydrogens (primary N) is 2. The largest absolute Gasteiger partial charge is 0.507 e. The number of benzene rings is 1. The van der Waals surface area contributed by atoms with Crippen LogP contribution in [0.4, 0.5) is 0 Å². The highest BCUT2D eigenvalue weighted by Gasteiger charge is 2.36. The lowest BCUT2D eigenvalue weighted by Crippen LogP contribution is -2.60. The molecule has 1 unspecified atom stereocenters. The number of carboxylic acids is 1. The van der Waals surface area contributed by atoms with Gasteiger partial charge < -0.3 is 36.3 Å². The number of likely N-dealkylation sites (tertiary alicyclic amines) is 1. The number of aromatic hydroxyl groups is 1. The zero-order valence-electron chi connectivity index (χ0n) is 16.0. The van der Waals surface area contributed by atoms with Crippen molar-refractivity contribution in [2.24, 2.45) is 16.5 Å². The molecular formula is C18H24BN4O6. The fraction of sp³-hybridized carbons (Fsp3) is 0.389. The van der Waals surface area contributed by atoms with Gasteiger partial charge in [-0.3, -0.25) is 9.79 Å². The predicted octanol–water partition coefficient (Wildman–Crippen LogP) is -0.877. The number of amides is 1. The van der Waals surface area contributed by atoms with Crippen LogP contribution in [0, 0.1) is 0 Å². The minimum Gasteiger partial charge on any atom is -0.507 e. The van der Waals surface area contributed by atoms with Gasteiger partial charge in [0.25, 0.3) is 7.48 Å². The number of aromatic carboxylic acids is 1. The maximum atomic E-state index is 12.4. The Bertz CT molecular complexity index is 823. The van der Waals surface area contributed by atoms with Crippen LogP contribution in [-0.4, -0.2) is 78.0 Å². The van der Waals surface area contributed by atoms with Crippen molar-refractivity contribution < 1.29 is 29.6 Å². The molecule has 0 spiro atoms. The highest BCUT2D eigenvalue weighted by Crippen LogP contribution is 2.33. The fourth-order valence-corrected chi connectivity index (χ4v) is 2.93. The first-order valence-electron chi connectivity index (χ1n) is 8.93. The first-order valence-corrected chi connectivity index (χ1v) is 8.93. The number of aryl methyl sites for hydroxylation is 1. The molecule has 1 fully saturated rings. The second-order valence-corrected chi connectivity index (χ2v) is 6.49. The number of nitrogens with zero attached hydrogens (tertiary/aromatic N) is 2. The summed E-state index contributed by atoms with van der Waals surface area (Å²) in [5, 5.41) is 28.5. The van der Waals surface area contributed by atoms with Crippen molar-refractivity contribution >= 4 is 25.6 Å². The van der Waals surface area contributed by atoms with Gasteiger partial charge in [0, 0.05) is 25.0 Å². The Kier molecular flexibility index (Phi) is 7.63. The summed E-state index contributed by atoms with van der Waals surface area (Å²) in [5.74, 6) is -2.08. The lowest BCUT2D eigenvalue weighted by Gasteiger charge is -2.40. The molecule has 2 rings (SSSR count). The Hall–Kier alpha value is -3.05. The monoisotopic (exact) mass is 403 g/mol. The molecule has 1 aliphatic heterocycles. The van der Waals surface area contributed by atoms with Crippen LogP contribution in [0.5, 0.6) is 11.5 Å². The van der Waals surface area contributed by atoms with E-state index in [-0.39, 0.29) is 43.1 Å². The van der Waals surface area contributed by atoms with Crippen molar-refractivity contribution in [3.63, 3.8) is 0 Å². The summed E-state index contributed by atoms with van der Waals surface area (Å²) in [6, 6.07) is 2.05. The summed E-state index contributed by atoms with van der Waals surface area (Å²) in [6.45, 7) is 0.434. The molecule has 155 valence electrons. The molecule has 1 saturated heterocycles. The summed E-state index contributed by atoms with van der Waals surface area (Å²) < 4.78 is 5.68. The van der Waals surface area contributed by atoms with E-state index in [1.54, 1.807) is 6.07 Å². The third-order valence-corrected chi connectivity index (χ3v) is 4.53. The van der Waals surface area contributed by atoms with Gasteiger partial charge in [0.05, 0.1) is 13.1 Å². The molecular weight excluding hydrogens is 379 g/mol. The normalized spacial score (nSPS) is 15.8. The molecule has 1 heterocycles. The Balaban J connectivity index is 2.05. The number of hydrogen-bond acceptors (Lipinski definition) is 8. The van der Waals surface area contributed by atoms with Crippen LogP contribution >= 0.6 is 0 Å². The van der Waals surface area contributed by atoms with E-state index >= 15 is 0 Å². The van der Waals surface area contributed by atoms with Gasteiger partial charge in [0.2, 0.25) is 5.91 Å². The highest BCUT2D eigenvalue weighted by molar-refractivity contribution is 6.25. The maximum Gasteiger partial charge on any atom is 0.343 e. The van der Waals surface area contributed by atoms with Crippen molar-refractivity contribution in [2.45, 2.75) is 24.9 Å². The third-order valence-electron chi connectivity index (χ3n) is 4.53. The molecule has 1 aromatic carbocycles. The Morgan fingerprint density at radius 1 is 1.45 bits per heavy atom. The van der Waals surface area contributed by atoms with Crippen LogP contribution < -0.4 is 16.2 Å². The zero-order chi connectivity index (χ0) is 21.6. The number of ether oxygens (including phenoxy) is 1. The molecule has 7 N–H and O–H groups in total. The number of phenols is 1. The fourth-order valence-electron chi connectivity index (χ4n) is 2.93. The molecule has 0 aliphatic carbocycles. The quantitative estimate of drug-likeness (QED) is 0.261. The first-order chi connectivity index (χ1) is 13.8. The molecule has 11 heteroatoms. The molecule has 1 radical (unpaired) electrons. The summed E-state index contributed by atoms with van der Waals surface area (Å²) in [7, 11) is 2.48. The molecule has 1 atom stereocenters. The number of carboxylic acid groups (broad SMARTS) is 1. The number of carbonyl (C=O) groups is 2. The summed E-state index contributed by atoms with van der Waals surface area (Å²) in [4.78, 5) is 29.2. The Labute approximate surface area is 168 Å². The van der Waals surface area contributed by atoms with Crippen LogP contribution in [0.25, 0.3) is 0 Å². The SMILES string of the molecule is CN=CC(=CN)C(N)C(=O)N1CC(Oc2ccc(CC[B]O)c(O)c2C(=O)O)C1. The van der Waals surface area contributed by atoms with Gasteiger partial charge in [-0.25, -0.2) is 4.79 Å². The van der Waals surface area contributed by atoms with Crippen molar-refractivity contribution in [3.8, 4) is 11.5 Å². The van der Waals surface area contributed by atoms with Crippen molar-refractivity contribution in [1.82, 2.24) is 4.90 Å². The summed E-state index contributed by atoms with van der Waals surface area (Å²) in [5.41, 5.74) is 11.8. The Morgan fingerprint density at radius 3 is 2.69 bits per heavy atom. The molecule has 29 heavy (non-hydrogen) atoms. The van der Waals surface area contributed by atoms with Gasteiger partial charge in [-0.1, -0.05) is 6.07 Å². The molecule has 1 aliphatic rings. The van der Waals surface area contributed by atoms with Crippen molar-refractivity contribution in [2.75, 3.05) is 20.1 Å². The maximum absolute atomic E-state index is 12.4. The summed E-state index contributed by atoms with van der Waals surface area (Å²) >= 11 is 0. The van der Waals surface area contributed by atoms with E-state index < -0.39 is 23.9 Å². The van der Waals surface area contributed by atoms with Gasteiger partial charge >= 0.3 is 5.97 Å². The number of rotatable bonds is 9. The first kappa shape index (κ1) is 22.2. The van der Waals surface area contributed by atoms with E-state index in [1.165, 1.54) is 30.4 Å². The van der Waals surface area contributed by atoms with Gasteiger partial charge in [0.1, 0.15) is 29.2 Å². The van der Waals surface area contributed by atoms with E-state index in [1.807, 2.05) is 0 Å².